The standard InChI is InChI=1S/C13H17NO4/c1-13(2,12(16)18-4)11(15)14-9-6-5-7-10(8-9)17-3/h5-8H,1-4H3,(H,14,15). The molecule has 0 radical (unpaired) electrons. The molecule has 0 unspecified atom stereocenters. The summed E-state index contributed by atoms with van der Waals surface area (Å²) in [4.78, 5) is 23.5. The van der Waals surface area contributed by atoms with Crippen LogP contribution in [-0.2, 0) is 14.3 Å². The average molecular weight is 251 g/mol. The third kappa shape index (κ3) is 3.00. The molecule has 0 heterocycles. The van der Waals surface area contributed by atoms with Gasteiger partial charge in [0.1, 0.15) is 11.2 Å². The fraction of sp³-hybridized carbons (Fsp3) is 0.385. The number of carbonyl (C=O) groups excluding carboxylic acids is 2. The second kappa shape index (κ2) is 5.53. The number of esters is 1. The first kappa shape index (κ1) is 14.0. The summed E-state index contributed by atoms with van der Waals surface area (Å²) in [6.07, 6.45) is 0. The van der Waals surface area contributed by atoms with E-state index < -0.39 is 17.3 Å². The van der Waals surface area contributed by atoms with Crippen LogP contribution in [0.4, 0.5) is 5.69 Å². The van der Waals surface area contributed by atoms with Gasteiger partial charge in [-0.1, -0.05) is 6.07 Å². The van der Waals surface area contributed by atoms with Gasteiger partial charge in [0.25, 0.3) is 0 Å². The molecule has 0 atom stereocenters. The summed E-state index contributed by atoms with van der Waals surface area (Å²) < 4.78 is 9.64. The van der Waals surface area contributed by atoms with Crippen molar-refractivity contribution in [2.24, 2.45) is 5.41 Å². The Labute approximate surface area is 106 Å². The first-order valence-corrected chi connectivity index (χ1v) is 5.45. The van der Waals surface area contributed by atoms with E-state index in [1.807, 2.05) is 0 Å². The molecule has 1 rings (SSSR count). The lowest BCUT2D eigenvalue weighted by atomic mass is 9.92. The summed E-state index contributed by atoms with van der Waals surface area (Å²) in [6.45, 7) is 3.02. The molecule has 98 valence electrons. The number of ether oxygens (including phenoxy) is 2. The summed E-state index contributed by atoms with van der Waals surface area (Å²) >= 11 is 0. The minimum absolute atomic E-state index is 0.428. The number of rotatable bonds is 4. The van der Waals surface area contributed by atoms with Gasteiger partial charge in [-0.25, -0.2) is 0 Å². The molecule has 0 bridgehead atoms. The normalized spacial score (nSPS) is 10.7. The third-order valence-corrected chi connectivity index (χ3v) is 2.59. The zero-order valence-electron chi connectivity index (χ0n) is 10.9. The Hall–Kier alpha value is -2.04. The molecule has 0 aliphatic rings. The highest BCUT2D eigenvalue weighted by atomic mass is 16.5. The third-order valence-electron chi connectivity index (χ3n) is 2.59. The molecule has 0 saturated carbocycles. The SMILES string of the molecule is COC(=O)C(C)(C)C(=O)Nc1cccc(OC)c1. The lowest BCUT2D eigenvalue weighted by Crippen LogP contribution is -2.38. The van der Waals surface area contributed by atoms with Gasteiger partial charge in [0.2, 0.25) is 5.91 Å². The van der Waals surface area contributed by atoms with Crippen molar-refractivity contribution >= 4 is 17.6 Å². The summed E-state index contributed by atoms with van der Waals surface area (Å²) in [6, 6.07) is 6.90. The molecule has 0 saturated heterocycles. The van der Waals surface area contributed by atoms with Crippen LogP contribution >= 0.6 is 0 Å². The van der Waals surface area contributed by atoms with Gasteiger partial charge in [0.05, 0.1) is 14.2 Å². The van der Waals surface area contributed by atoms with Crippen LogP contribution in [0, 0.1) is 5.41 Å². The van der Waals surface area contributed by atoms with E-state index in [1.54, 1.807) is 31.4 Å². The van der Waals surface area contributed by atoms with Crippen LogP contribution in [-0.4, -0.2) is 26.1 Å². The van der Waals surface area contributed by atoms with Crippen molar-refractivity contribution in [3.63, 3.8) is 0 Å². The van der Waals surface area contributed by atoms with Crippen LogP contribution in [0.15, 0.2) is 24.3 Å². The van der Waals surface area contributed by atoms with Crippen LogP contribution in [0.5, 0.6) is 5.75 Å². The lowest BCUT2D eigenvalue weighted by Gasteiger charge is -2.20. The first-order valence-electron chi connectivity index (χ1n) is 5.45. The highest BCUT2D eigenvalue weighted by molar-refractivity contribution is 6.08. The van der Waals surface area contributed by atoms with Crippen LogP contribution in [0.2, 0.25) is 0 Å². The molecule has 0 spiro atoms. The molecule has 5 heteroatoms. The van der Waals surface area contributed by atoms with Gasteiger partial charge in [0.15, 0.2) is 0 Å². The zero-order valence-corrected chi connectivity index (χ0v) is 10.9. The van der Waals surface area contributed by atoms with Crippen LogP contribution < -0.4 is 10.1 Å². The quantitative estimate of drug-likeness (QED) is 0.655. The van der Waals surface area contributed by atoms with Gasteiger partial charge in [0, 0.05) is 11.8 Å². The highest BCUT2D eigenvalue weighted by Gasteiger charge is 2.37. The molecular weight excluding hydrogens is 234 g/mol. The Bertz CT molecular complexity index is 454. The molecule has 5 nitrogen and oxygen atoms in total. The van der Waals surface area contributed by atoms with E-state index in [0.29, 0.717) is 11.4 Å². The number of amides is 1. The molecule has 1 aromatic rings. The second-order valence-corrected chi connectivity index (χ2v) is 4.30. The molecule has 0 aliphatic heterocycles. The van der Waals surface area contributed by atoms with Crippen LogP contribution in [0.1, 0.15) is 13.8 Å². The van der Waals surface area contributed by atoms with Crippen LogP contribution in [0.25, 0.3) is 0 Å². The predicted octanol–water partition coefficient (Wildman–Crippen LogP) is 1.83. The predicted molar refractivity (Wildman–Crippen MR) is 67.4 cm³/mol. The van der Waals surface area contributed by atoms with Gasteiger partial charge >= 0.3 is 5.97 Å². The van der Waals surface area contributed by atoms with Crippen molar-refractivity contribution < 1.29 is 19.1 Å². The molecule has 1 amide bonds. The maximum Gasteiger partial charge on any atom is 0.320 e. The monoisotopic (exact) mass is 251 g/mol. The number of hydrogen-bond donors (Lipinski definition) is 1. The maximum atomic E-state index is 12.0. The number of carbonyl (C=O) groups is 2. The van der Waals surface area contributed by atoms with Crippen molar-refractivity contribution in [1.82, 2.24) is 0 Å². The minimum atomic E-state index is -1.24. The largest absolute Gasteiger partial charge is 0.497 e. The van der Waals surface area contributed by atoms with Gasteiger partial charge in [-0.2, -0.15) is 0 Å². The summed E-state index contributed by atoms with van der Waals surface area (Å²) in [5.74, 6) is -0.380. The van der Waals surface area contributed by atoms with E-state index in [2.05, 4.69) is 10.1 Å². The number of hydrogen-bond acceptors (Lipinski definition) is 4. The zero-order chi connectivity index (χ0) is 13.8. The number of methoxy groups -OCH3 is 2. The topological polar surface area (TPSA) is 64.6 Å². The van der Waals surface area contributed by atoms with E-state index in [1.165, 1.54) is 21.0 Å². The van der Waals surface area contributed by atoms with Crippen molar-refractivity contribution in [2.45, 2.75) is 13.8 Å². The smallest absolute Gasteiger partial charge is 0.320 e. The number of nitrogens with one attached hydrogen (secondary N) is 1. The second-order valence-electron chi connectivity index (χ2n) is 4.30. The van der Waals surface area contributed by atoms with Gasteiger partial charge in [-0.05, 0) is 26.0 Å². The number of benzene rings is 1. The maximum absolute atomic E-state index is 12.0. The van der Waals surface area contributed by atoms with Crippen molar-refractivity contribution in [1.29, 1.82) is 0 Å². The summed E-state index contributed by atoms with van der Waals surface area (Å²) in [7, 11) is 2.79. The molecule has 18 heavy (non-hydrogen) atoms. The average Bonchev–Trinajstić information content (AvgIpc) is 2.37. The molecule has 0 aromatic heterocycles. The number of anilines is 1. The minimum Gasteiger partial charge on any atom is -0.497 e. The molecule has 0 aliphatic carbocycles. The molecule has 0 fully saturated rings. The van der Waals surface area contributed by atoms with Gasteiger partial charge < -0.3 is 14.8 Å². The van der Waals surface area contributed by atoms with Crippen molar-refractivity contribution in [3.05, 3.63) is 24.3 Å². The summed E-state index contributed by atoms with van der Waals surface area (Å²) in [5.41, 5.74) is -0.672. The van der Waals surface area contributed by atoms with E-state index in [4.69, 9.17) is 4.74 Å². The fourth-order valence-corrected chi connectivity index (χ4v) is 1.34. The summed E-state index contributed by atoms with van der Waals surface area (Å²) in [5, 5.41) is 2.65. The van der Waals surface area contributed by atoms with Crippen molar-refractivity contribution in [2.75, 3.05) is 19.5 Å². The molecule has 1 N–H and O–H groups in total. The molecule has 1 aromatic carbocycles. The highest BCUT2D eigenvalue weighted by Crippen LogP contribution is 2.22. The Balaban J connectivity index is 2.84. The van der Waals surface area contributed by atoms with Gasteiger partial charge in [-0.3, -0.25) is 9.59 Å². The van der Waals surface area contributed by atoms with E-state index in [9.17, 15) is 9.59 Å². The Morgan fingerprint density at radius 1 is 1.22 bits per heavy atom. The Morgan fingerprint density at radius 2 is 1.89 bits per heavy atom. The van der Waals surface area contributed by atoms with E-state index in [0.717, 1.165) is 0 Å². The van der Waals surface area contributed by atoms with Gasteiger partial charge in [-0.15, -0.1) is 0 Å². The van der Waals surface area contributed by atoms with E-state index >= 15 is 0 Å². The fourth-order valence-electron chi connectivity index (χ4n) is 1.34. The Kier molecular flexibility index (Phi) is 4.31. The van der Waals surface area contributed by atoms with Crippen LogP contribution in [0.3, 0.4) is 0 Å². The molecular formula is C13H17NO4. The van der Waals surface area contributed by atoms with Crippen molar-refractivity contribution in [3.8, 4) is 5.75 Å². The van der Waals surface area contributed by atoms with E-state index in [-0.39, 0.29) is 0 Å². The first-order chi connectivity index (χ1) is 8.41. The lowest BCUT2D eigenvalue weighted by molar-refractivity contribution is -0.154. The Morgan fingerprint density at radius 3 is 2.44 bits per heavy atom.